The first kappa shape index (κ1) is 19.0. The van der Waals surface area contributed by atoms with Crippen molar-refractivity contribution in [3.63, 3.8) is 0 Å². The monoisotopic (exact) mass is 343 g/mol. The molecule has 0 aliphatic carbocycles. The number of piperidine rings is 1. The van der Waals surface area contributed by atoms with E-state index in [-0.39, 0.29) is 37.3 Å². The van der Waals surface area contributed by atoms with Crippen LogP contribution in [-0.2, 0) is 9.59 Å². The molecule has 2 N–H and O–H groups in total. The van der Waals surface area contributed by atoms with Crippen LogP contribution >= 0.6 is 12.4 Å². The van der Waals surface area contributed by atoms with Crippen molar-refractivity contribution in [1.29, 1.82) is 0 Å². The van der Waals surface area contributed by atoms with E-state index in [4.69, 9.17) is 5.73 Å². The maximum atomic E-state index is 12.4. The topological polar surface area (TPSA) is 66.6 Å². The minimum absolute atomic E-state index is 0. The number of hydrogen-bond acceptors (Lipinski definition) is 3. The van der Waals surface area contributed by atoms with Crippen molar-refractivity contribution in [3.8, 4) is 0 Å². The summed E-state index contributed by atoms with van der Waals surface area (Å²) in [5.74, 6) is -1.51. The van der Waals surface area contributed by atoms with Gasteiger partial charge in [0.25, 0.3) is 0 Å². The summed E-state index contributed by atoms with van der Waals surface area (Å²) in [6.07, 6.45) is -1.89. The number of nitrogens with zero attached hydrogens (tertiary/aromatic N) is 2. The van der Waals surface area contributed by atoms with Crippen LogP contribution in [-0.4, -0.2) is 60.0 Å². The van der Waals surface area contributed by atoms with Crippen LogP contribution < -0.4 is 5.73 Å². The fourth-order valence-electron chi connectivity index (χ4n) is 3.08. The van der Waals surface area contributed by atoms with Gasteiger partial charge in [-0.2, -0.15) is 13.2 Å². The first-order valence-corrected chi connectivity index (χ1v) is 7.17. The van der Waals surface area contributed by atoms with Gasteiger partial charge in [-0.1, -0.05) is 0 Å². The third-order valence-corrected chi connectivity index (χ3v) is 4.12. The molecule has 0 aromatic carbocycles. The molecule has 2 aliphatic heterocycles. The molecule has 0 aromatic rings. The summed E-state index contributed by atoms with van der Waals surface area (Å²) >= 11 is 0. The second-order valence-corrected chi connectivity index (χ2v) is 5.71. The average Bonchev–Trinajstić information content (AvgIpc) is 2.77. The molecule has 0 radical (unpaired) electrons. The molecule has 0 aromatic heterocycles. The number of rotatable bonds is 3. The van der Waals surface area contributed by atoms with E-state index in [1.165, 1.54) is 0 Å². The Morgan fingerprint density at radius 1 is 1.32 bits per heavy atom. The van der Waals surface area contributed by atoms with E-state index in [9.17, 15) is 22.8 Å². The zero-order valence-corrected chi connectivity index (χ0v) is 13.0. The van der Waals surface area contributed by atoms with Gasteiger partial charge < -0.3 is 15.5 Å². The highest BCUT2D eigenvalue weighted by Crippen LogP contribution is 2.27. The fourth-order valence-corrected chi connectivity index (χ4v) is 3.08. The van der Waals surface area contributed by atoms with Gasteiger partial charge >= 0.3 is 6.18 Å². The van der Waals surface area contributed by atoms with Crippen molar-refractivity contribution in [1.82, 2.24) is 9.80 Å². The highest BCUT2D eigenvalue weighted by atomic mass is 35.5. The number of alkyl halides is 3. The third-order valence-electron chi connectivity index (χ3n) is 4.12. The molecular formula is C13H21ClF3N3O2. The van der Waals surface area contributed by atoms with Crippen LogP contribution in [0.3, 0.4) is 0 Å². The summed E-state index contributed by atoms with van der Waals surface area (Å²) < 4.78 is 37.1. The lowest BCUT2D eigenvalue weighted by molar-refractivity contribution is -0.157. The molecule has 2 unspecified atom stereocenters. The van der Waals surface area contributed by atoms with Crippen LogP contribution in [0.1, 0.15) is 25.7 Å². The second kappa shape index (κ2) is 7.50. The number of halogens is 4. The Kier molecular flexibility index (Phi) is 6.49. The van der Waals surface area contributed by atoms with E-state index in [0.717, 1.165) is 24.2 Å². The lowest BCUT2D eigenvalue weighted by Crippen LogP contribution is -2.50. The number of carbonyl (C=O) groups excluding carboxylic acids is 2. The first-order valence-electron chi connectivity index (χ1n) is 7.17. The van der Waals surface area contributed by atoms with Crippen LogP contribution in [0.15, 0.2) is 0 Å². The van der Waals surface area contributed by atoms with Crippen molar-refractivity contribution >= 4 is 24.2 Å². The van der Waals surface area contributed by atoms with Gasteiger partial charge in [-0.25, -0.2) is 0 Å². The smallest absolute Gasteiger partial charge is 0.338 e. The third kappa shape index (κ3) is 4.49. The largest absolute Gasteiger partial charge is 0.406 e. The molecule has 0 saturated carbocycles. The van der Waals surface area contributed by atoms with E-state index in [1.807, 2.05) is 0 Å². The van der Waals surface area contributed by atoms with Crippen LogP contribution in [0.2, 0.25) is 0 Å². The van der Waals surface area contributed by atoms with Gasteiger partial charge in [-0.3, -0.25) is 9.59 Å². The summed E-state index contributed by atoms with van der Waals surface area (Å²) in [6, 6.07) is -0.0574. The van der Waals surface area contributed by atoms with Gasteiger partial charge in [-0.15, -0.1) is 12.4 Å². The quantitative estimate of drug-likeness (QED) is 0.836. The molecule has 9 heteroatoms. The minimum Gasteiger partial charge on any atom is -0.338 e. The highest BCUT2D eigenvalue weighted by molar-refractivity contribution is 5.89. The van der Waals surface area contributed by atoms with Gasteiger partial charge in [0.1, 0.15) is 6.54 Å². The van der Waals surface area contributed by atoms with Crippen LogP contribution in [0.25, 0.3) is 0 Å². The molecule has 2 heterocycles. The van der Waals surface area contributed by atoms with Gasteiger partial charge in [0.05, 0.1) is 5.92 Å². The fraction of sp³-hybridized carbons (Fsp3) is 0.846. The Labute approximate surface area is 133 Å². The number of carbonyl (C=O) groups is 2. The molecule has 2 rings (SSSR count). The molecule has 5 nitrogen and oxygen atoms in total. The van der Waals surface area contributed by atoms with Crippen molar-refractivity contribution in [3.05, 3.63) is 0 Å². The molecule has 2 fully saturated rings. The zero-order valence-electron chi connectivity index (χ0n) is 12.1. The molecule has 2 amide bonds. The summed E-state index contributed by atoms with van der Waals surface area (Å²) in [5.41, 5.74) is 5.65. The predicted molar refractivity (Wildman–Crippen MR) is 76.4 cm³/mol. The molecule has 0 bridgehead atoms. The van der Waals surface area contributed by atoms with Gasteiger partial charge in [0, 0.05) is 32.1 Å². The molecular weight excluding hydrogens is 323 g/mol. The van der Waals surface area contributed by atoms with E-state index in [2.05, 4.69) is 0 Å². The Morgan fingerprint density at radius 2 is 2.00 bits per heavy atom. The Morgan fingerprint density at radius 3 is 2.59 bits per heavy atom. The zero-order chi connectivity index (χ0) is 15.6. The number of likely N-dealkylation sites (tertiary alicyclic amines) is 2. The molecule has 22 heavy (non-hydrogen) atoms. The number of hydrogen-bond donors (Lipinski definition) is 1. The highest BCUT2D eigenvalue weighted by Gasteiger charge is 2.42. The molecule has 2 aliphatic rings. The average molecular weight is 344 g/mol. The lowest BCUT2D eigenvalue weighted by Gasteiger charge is -2.36. The Bertz CT molecular complexity index is 420. The number of amides is 2. The van der Waals surface area contributed by atoms with E-state index < -0.39 is 24.5 Å². The number of nitrogens with two attached hydrogens (primary N) is 1. The molecule has 2 saturated heterocycles. The SMILES string of the molecule is Cl.NCC1CCCCN1C(=O)C1CC(=O)N(CC(F)(F)F)C1. The Hall–Kier alpha value is -1.02. The van der Waals surface area contributed by atoms with Crippen molar-refractivity contribution in [2.45, 2.75) is 37.9 Å². The summed E-state index contributed by atoms with van der Waals surface area (Å²) in [7, 11) is 0. The summed E-state index contributed by atoms with van der Waals surface area (Å²) in [6.45, 7) is -0.510. The van der Waals surface area contributed by atoms with Gasteiger partial charge in [0.15, 0.2) is 0 Å². The molecule has 2 atom stereocenters. The normalized spacial score (nSPS) is 26.1. The van der Waals surface area contributed by atoms with Crippen molar-refractivity contribution < 1.29 is 22.8 Å². The summed E-state index contributed by atoms with van der Waals surface area (Å²) in [5, 5.41) is 0. The lowest BCUT2D eigenvalue weighted by atomic mass is 9.98. The van der Waals surface area contributed by atoms with E-state index in [0.29, 0.717) is 13.1 Å². The van der Waals surface area contributed by atoms with Gasteiger partial charge in [0.2, 0.25) is 11.8 Å². The van der Waals surface area contributed by atoms with Crippen LogP contribution in [0.5, 0.6) is 0 Å². The predicted octanol–water partition coefficient (Wildman–Crippen LogP) is 1.16. The second-order valence-electron chi connectivity index (χ2n) is 5.71. The molecule has 0 spiro atoms. The standard InChI is InChI=1S/C13H20F3N3O2.ClH/c14-13(15,16)8-18-7-9(5-11(18)20)12(21)19-4-2-1-3-10(19)6-17;/h9-10H,1-8,17H2;1H. The van der Waals surface area contributed by atoms with Crippen LogP contribution in [0.4, 0.5) is 13.2 Å². The van der Waals surface area contributed by atoms with Gasteiger partial charge in [-0.05, 0) is 19.3 Å². The van der Waals surface area contributed by atoms with E-state index >= 15 is 0 Å². The first-order chi connectivity index (χ1) is 9.81. The minimum atomic E-state index is -4.43. The maximum absolute atomic E-state index is 12.4. The Balaban J connectivity index is 0.00000242. The van der Waals surface area contributed by atoms with Crippen LogP contribution in [0, 0.1) is 5.92 Å². The van der Waals surface area contributed by atoms with Crippen molar-refractivity contribution in [2.24, 2.45) is 11.7 Å². The molecule has 128 valence electrons. The van der Waals surface area contributed by atoms with E-state index in [1.54, 1.807) is 4.90 Å². The van der Waals surface area contributed by atoms with Crippen molar-refractivity contribution in [2.75, 3.05) is 26.2 Å². The summed E-state index contributed by atoms with van der Waals surface area (Å²) in [4.78, 5) is 26.4. The maximum Gasteiger partial charge on any atom is 0.406 e.